The van der Waals surface area contributed by atoms with Gasteiger partial charge in [0.25, 0.3) is 0 Å². The Morgan fingerprint density at radius 1 is 0.538 bits per heavy atom. The highest BCUT2D eigenvalue weighted by atomic mass is 14.3. The highest BCUT2D eigenvalue weighted by Gasteiger charge is 2.24. The van der Waals surface area contributed by atoms with Crippen LogP contribution in [-0.4, -0.2) is 0 Å². The van der Waals surface area contributed by atoms with E-state index in [1.807, 2.05) is 0 Å². The third-order valence-electron chi connectivity index (χ3n) is 8.91. The first kappa shape index (κ1) is 22.6. The summed E-state index contributed by atoms with van der Waals surface area (Å²) in [6.07, 6.45) is 0.987. The molecule has 0 nitrogen and oxygen atoms in total. The van der Waals surface area contributed by atoms with Gasteiger partial charge in [0.1, 0.15) is 0 Å². The quantitative estimate of drug-likeness (QED) is 0.212. The van der Waals surface area contributed by atoms with Gasteiger partial charge in [-0.3, -0.25) is 0 Å². The second-order valence-electron chi connectivity index (χ2n) is 11.6. The Labute approximate surface area is 229 Å². The molecule has 0 saturated carbocycles. The smallest absolute Gasteiger partial charge is 0.000728 e. The van der Waals surface area contributed by atoms with Crippen molar-refractivity contribution in [3.63, 3.8) is 0 Å². The lowest BCUT2D eigenvalue weighted by molar-refractivity contribution is 0.870. The number of aryl methyl sites for hydroxylation is 1. The van der Waals surface area contributed by atoms with Crippen molar-refractivity contribution in [3.8, 4) is 33.4 Å². The van der Waals surface area contributed by atoms with Gasteiger partial charge >= 0.3 is 0 Å². The van der Waals surface area contributed by atoms with Crippen LogP contribution in [0.3, 0.4) is 0 Å². The molecule has 0 spiro atoms. The van der Waals surface area contributed by atoms with Gasteiger partial charge in [-0.05, 0) is 108 Å². The summed E-state index contributed by atoms with van der Waals surface area (Å²) in [7, 11) is 0. The predicted molar refractivity (Wildman–Crippen MR) is 168 cm³/mol. The van der Waals surface area contributed by atoms with Crippen molar-refractivity contribution in [3.05, 3.63) is 131 Å². The minimum atomic E-state index is 0.499. The summed E-state index contributed by atoms with van der Waals surface area (Å²) in [4.78, 5) is 0. The van der Waals surface area contributed by atoms with E-state index in [2.05, 4.69) is 130 Å². The zero-order valence-electron chi connectivity index (χ0n) is 22.7. The van der Waals surface area contributed by atoms with Crippen LogP contribution in [-0.2, 0) is 6.42 Å². The van der Waals surface area contributed by atoms with Gasteiger partial charge in [-0.1, -0.05) is 123 Å². The fourth-order valence-corrected chi connectivity index (χ4v) is 6.88. The molecular weight excluding hydrogens is 468 g/mol. The standard InChI is InChI=1S/C39H30/c1-23(2)29-19-27-15-17-33-35(25-13-11-24(3)12-14-25)22-37(34-18-16-28(20-29)38(27)39(33)34)32-10-6-9-31-30-8-5-4-7-26(30)21-36(31)32/h4-20,22-23H,21H2,1-3H3. The van der Waals surface area contributed by atoms with Gasteiger partial charge in [-0.25, -0.2) is 0 Å². The SMILES string of the molecule is Cc1ccc(-c2cc(-c3cccc4c3Cc3ccccc3-4)c3ccc4cc(C(C)C)cc5ccc2c3c54)cc1. The number of rotatable bonds is 3. The first-order valence-electron chi connectivity index (χ1n) is 14.1. The summed E-state index contributed by atoms with van der Waals surface area (Å²) in [5.41, 5.74) is 13.6. The maximum absolute atomic E-state index is 2.46. The van der Waals surface area contributed by atoms with E-state index >= 15 is 0 Å². The molecule has 0 amide bonds. The summed E-state index contributed by atoms with van der Waals surface area (Å²) in [5, 5.41) is 8.14. The van der Waals surface area contributed by atoms with Crippen molar-refractivity contribution < 1.29 is 0 Å². The molecule has 0 unspecified atom stereocenters. The molecule has 7 aromatic rings. The van der Waals surface area contributed by atoms with Gasteiger partial charge in [0.15, 0.2) is 0 Å². The molecule has 0 saturated heterocycles. The molecule has 0 heteroatoms. The van der Waals surface area contributed by atoms with Gasteiger partial charge in [0.05, 0.1) is 0 Å². The zero-order chi connectivity index (χ0) is 26.2. The van der Waals surface area contributed by atoms with Crippen LogP contribution in [0.2, 0.25) is 0 Å². The maximum atomic E-state index is 2.46. The minimum Gasteiger partial charge on any atom is -0.0619 e. The highest BCUT2D eigenvalue weighted by molar-refractivity contribution is 6.28. The number of benzene rings is 7. The number of hydrogen-bond acceptors (Lipinski definition) is 0. The Kier molecular flexibility index (Phi) is 4.79. The molecule has 1 aliphatic carbocycles. The van der Waals surface area contributed by atoms with E-state index in [-0.39, 0.29) is 0 Å². The topological polar surface area (TPSA) is 0 Å². The maximum Gasteiger partial charge on any atom is -0.000728 e. The fourth-order valence-electron chi connectivity index (χ4n) is 6.88. The lowest BCUT2D eigenvalue weighted by Crippen LogP contribution is -1.95. The molecule has 0 fully saturated rings. The molecule has 0 N–H and O–H groups in total. The predicted octanol–water partition coefficient (Wildman–Crippen LogP) is 10.9. The second kappa shape index (κ2) is 8.29. The summed E-state index contributed by atoms with van der Waals surface area (Å²) in [5.74, 6) is 0.499. The van der Waals surface area contributed by atoms with Crippen LogP contribution < -0.4 is 0 Å². The van der Waals surface area contributed by atoms with Crippen LogP contribution in [0.1, 0.15) is 42.0 Å². The van der Waals surface area contributed by atoms with Crippen LogP contribution in [0.25, 0.3) is 65.7 Å². The van der Waals surface area contributed by atoms with Gasteiger partial charge in [-0.2, -0.15) is 0 Å². The summed E-state index contributed by atoms with van der Waals surface area (Å²) < 4.78 is 0. The largest absolute Gasteiger partial charge is 0.0619 e. The first-order chi connectivity index (χ1) is 19.1. The average Bonchev–Trinajstić information content (AvgIpc) is 3.35. The molecule has 1 aliphatic rings. The van der Waals surface area contributed by atoms with Crippen molar-refractivity contribution in [2.45, 2.75) is 33.1 Å². The molecule has 0 heterocycles. The van der Waals surface area contributed by atoms with E-state index in [9.17, 15) is 0 Å². The monoisotopic (exact) mass is 498 g/mol. The highest BCUT2D eigenvalue weighted by Crippen LogP contribution is 2.48. The molecular formula is C39H30. The first-order valence-corrected chi connectivity index (χ1v) is 14.1. The van der Waals surface area contributed by atoms with Crippen molar-refractivity contribution in [1.82, 2.24) is 0 Å². The van der Waals surface area contributed by atoms with E-state index in [4.69, 9.17) is 0 Å². The summed E-state index contributed by atoms with van der Waals surface area (Å²) in [6.45, 7) is 6.74. The van der Waals surface area contributed by atoms with Gasteiger partial charge < -0.3 is 0 Å². The Morgan fingerprint density at radius 3 is 1.90 bits per heavy atom. The Balaban J connectivity index is 1.50. The van der Waals surface area contributed by atoms with Gasteiger partial charge in [0, 0.05) is 0 Å². The normalized spacial score (nSPS) is 12.6. The molecule has 0 atom stereocenters. The molecule has 7 aromatic carbocycles. The zero-order valence-corrected chi connectivity index (χ0v) is 22.7. The Morgan fingerprint density at radius 2 is 1.18 bits per heavy atom. The summed E-state index contributed by atoms with van der Waals surface area (Å²) in [6, 6.07) is 41.5. The third-order valence-corrected chi connectivity index (χ3v) is 8.91. The van der Waals surface area contributed by atoms with Crippen LogP contribution in [0.4, 0.5) is 0 Å². The molecule has 186 valence electrons. The molecule has 39 heavy (non-hydrogen) atoms. The van der Waals surface area contributed by atoms with Crippen molar-refractivity contribution in [2.24, 2.45) is 0 Å². The Bertz CT molecular complexity index is 2040. The number of fused-ring (bicyclic) bond motifs is 3. The van der Waals surface area contributed by atoms with Crippen molar-refractivity contribution in [2.75, 3.05) is 0 Å². The Hall–Kier alpha value is -4.42. The minimum absolute atomic E-state index is 0.499. The van der Waals surface area contributed by atoms with Crippen LogP contribution >= 0.6 is 0 Å². The summed E-state index contributed by atoms with van der Waals surface area (Å²) >= 11 is 0. The van der Waals surface area contributed by atoms with Crippen molar-refractivity contribution in [1.29, 1.82) is 0 Å². The van der Waals surface area contributed by atoms with E-state index in [0.29, 0.717) is 5.92 Å². The van der Waals surface area contributed by atoms with Crippen molar-refractivity contribution >= 4 is 32.3 Å². The van der Waals surface area contributed by atoms with E-state index in [1.165, 1.54) is 88.0 Å². The van der Waals surface area contributed by atoms with Crippen LogP contribution in [0.5, 0.6) is 0 Å². The van der Waals surface area contributed by atoms with Gasteiger partial charge in [-0.15, -0.1) is 0 Å². The molecule has 8 rings (SSSR count). The molecule has 0 bridgehead atoms. The van der Waals surface area contributed by atoms with Crippen LogP contribution in [0, 0.1) is 6.92 Å². The lowest BCUT2D eigenvalue weighted by Gasteiger charge is -2.20. The van der Waals surface area contributed by atoms with E-state index in [1.54, 1.807) is 0 Å². The average molecular weight is 499 g/mol. The second-order valence-corrected chi connectivity index (χ2v) is 11.6. The van der Waals surface area contributed by atoms with Gasteiger partial charge in [0.2, 0.25) is 0 Å². The molecule has 0 radical (unpaired) electrons. The third kappa shape index (κ3) is 3.31. The van der Waals surface area contributed by atoms with Crippen LogP contribution in [0.15, 0.2) is 109 Å². The van der Waals surface area contributed by atoms with E-state index in [0.717, 1.165) is 6.42 Å². The fraction of sp³-hybridized carbons (Fsp3) is 0.128. The van der Waals surface area contributed by atoms with E-state index < -0.39 is 0 Å². The number of hydrogen-bond donors (Lipinski definition) is 0. The molecule has 0 aromatic heterocycles. The lowest BCUT2D eigenvalue weighted by atomic mass is 9.83. The molecule has 0 aliphatic heterocycles.